The second kappa shape index (κ2) is 6.12. The Morgan fingerprint density at radius 1 is 1.22 bits per heavy atom. The van der Waals surface area contributed by atoms with Crippen LogP contribution < -0.4 is 5.56 Å². The van der Waals surface area contributed by atoms with E-state index in [1.165, 1.54) is 4.68 Å². The number of benzene rings is 1. The summed E-state index contributed by atoms with van der Waals surface area (Å²) >= 11 is 0. The molecule has 0 N–H and O–H groups in total. The fourth-order valence-electron chi connectivity index (χ4n) is 3.12. The molecule has 122 valence electrons. The van der Waals surface area contributed by atoms with Gasteiger partial charge in [0.2, 0.25) is 5.91 Å². The van der Waals surface area contributed by atoms with Gasteiger partial charge in [-0.2, -0.15) is 5.10 Å². The third kappa shape index (κ3) is 3.12. The number of hydrogen-bond acceptors (Lipinski definition) is 4. The molecule has 1 aromatic carbocycles. The van der Waals surface area contributed by atoms with E-state index in [4.69, 9.17) is 4.74 Å². The molecule has 1 fully saturated rings. The summed E-state index contributed by atoms with van der Waals surface area (Å²) in [5.41, 5.74) is 0.519. The van der Waals surface area contributed by atoms with Gasteiger partial charge in [-0.05, 0) is 26.8 Å². The van der Waals surface area contributed by atoms with E-state index >= 15 is 0 Å². The Morgan fingerprint density at radius 2 is 1.83 bits per heavy atom. The summed E-state index contributed by atoms with van der Waals surface area (Å²) in [5, 5.41) is 5.72. The number of fused-ring (bicyclic) bond motifs is 1. The zero-order valence-corrected chi connectivity index (χ0v) is 13.7. The Bertz CT molecular complexity index is 789. The maximum atomic E-state index is 12.5. The summed E-state index contributed by atoms with van der Waals surface area (Å²) in [6.07, 6.45) is 0.0106. The topological polar surface area (TPSA) is 64.4 Å². The van der Waals surface area contributed by atoms with E-state index in [1.807, 2.05) is 39.0 Å². The standard InChI is InChI=1S/C17H21N3O3/c1-11-8-19(9-12(2)23-11)16(21)10-20-17(22)15-7-5-4-6-14(15)13(3)18-20/h4-7,11-12H,8-10H2,1-3H3. The van der Waals surface area contributed by atoms with Gasteiger partial charge in [0.15, 0.2) is 0 Å². The molecular formula is C17H21N3O3. The molecule has 6 nitrogen and oxygen atoms in total. The molecule has 0 spiro atoms. The van der Waals surface area contributed by atoms with Crippen LogP contribution in [0.15, 0.2) is 29.1 Å². The lowest BCUT2D eigenvalue weighted by Crippen LogP contribution is -2.49. The Morgan fingerprint density at radius 3 is 2.48 bits per heavy atom. The predicted octanol–water partition coefficient (Wildman–Crippen LogP) is 1.34. The number of carbonyl (C=O) groups excluding carboxylic acids is 1. The van der Waals surface area contributed by atoms with Crippen molar-refractivity contribution < 1.29 is 9.53 Å². The second-order valence-electron chi connectivity index (χ2n) is 6.15. The molecule has 0 bridgehead atoms. The Balaban J connectivity index is 1.88. The molecule has 2 aromatic rings. The summed E-state index contributed by atoms with van der Waals surface area (Å²) in [6, 6.07) is 7.34. The van der Waals surface area contributed by atoms with Gasteiger partial charge in [0.05, 0.1) is 23.3 Å². The number of nitrogens with zero attached hydrogens (tertiary/aromatic N) is 3. The van der Waals surface area contributed by atoms with Gasteiger partial charge in [-0.1, -0.05) is 18.2 Å². The van der Waals surface area contributed by atoms with Crippen molar-refractivity contribution in [3.63, 3.8) is 0 Å². The largest absolute Gasteiger partial charge is 0.372 e. The molecule has 1 aliphatic rings. The van der Waals surface area contributed by atoms with Gasteiger partial charge in [-0.15, -0.1) is 0 Å². The summed E-state index contributed by atoms with van der Waals surface area (Å²) < 4.78 is 6.91. The second-order valence-corrected chi connectivity index (χ2v) is 6.15. The molecule has 2 heterocycles. The van der Waals surface area contributed by atoms with Crippen LogP contribution >= 0.6 is 0 Å². The van der Waals surface area contributed by atoms with E-state index < -0.39 is 0 Å². The van der Waals surface area contributed by atoms with Crippen LogP contribution in [0, 0.1) is 6.92 Å². The average molecular weight is 315 g/mol. The predicted molar refractivity (Wildman–Crippen MR) is 87.3 cm³/mol. The first kappa shape index (κ1) is 15.7. The van der Waals surface area contributed by atoms with Gasteiger partial charge >= 0.3 is 0 Å². The number of aromatic nitrogens is 2. The van der Waals surface area contributed by atoms with Crippen LogP contribution in [-0.2, 0) is 16.1 Å². The molecular weight excluding hydrogens is 294 g/mol. The maximum absolute atomic E-state index is 12.5. The lowest BCUT2D eigenvalue weighted by atomic mass is 10.1. The molecule has 6 heteroatoms. The smallest absolute Gasteiger partial charge is 0.275 e. The Kier molecular flexibility index (Phi) is 4.17. The highest BCUT2D eigenvalue weighted by Gasteiger charge is 2.26. The minimum absolute atomic E-state index is 0.00530. The minimum atomic E-state index is -0.228. The summed E-state index contributed by atoms with van der Waals surface area (Å²) in [4.78, 5) is 26.8. The van der Waals surface area contributed by atoms with Gasteiger partial charge in [0.25, 0.3) is 5.56 Å². The summed E-state index contributed by atoms with van der Waals surface area (Å²) in [5.74, 6) is -0.101. The van der Waals surface area contributed by atoms with Crippen LogP contribution in [0.4, 0.5) is 0 Å². The number of amides is 1. The Hall–Kier alpha value is -2.21. The van der Waals surface area contributed by atoms with Crippen molar-refractivity contribution in [2.45, 2.75) is 39.5 Å². The lowest BCUT2D eigenvalue weighted by molar-refractivity contribution is -0.144. The Labute approximate surface area is 134 Å². The molecule has 0 saturated carbocycles. The van der Waals surface area contributed by atoms with Gasteiger partial charge in [-0.25, -0.2) is 4.68 Å². The molecule has 0 aliphatic carbocycles. The summed E-state index contributed by atoms with van der Waals surface area (Å²) in [7, 11) is 0. The van der Waals surface area contributed by atoms with Crippen molar-refractivity contribution in [2.24, 2.45) is 0 Å². The fraction of sp³-hybridized carbons (Fsp3) is 0.471. The van der Waals surface area contributed by atoms with Gasteiger partial charge in [0, 0.05) is 18.5 Å². The quantitative estimate of drug-likeness (QED) is 0.839. The number of ether oxygens (including phenoxy) is 1. The third-order valence-electron chi connectivity index (χ3n) is 4.11. The van der Waals surface area contributed by atoms with E-state index in [9.17, 15) is 9.59 Å². The zero-order chi connectivity index (χ0) is 16.6. The van der Waals surface area contributed by atoms with Crippen molar-refractivity contribution in [2.75, 3.05) is 13.1 Å². The van der Waals surface area contributed by atoms with Gasteiger partial charge < -0.3 is 9.64 Å². The number of aryl methyl sites for hydroxylation is 1. The van der Waals surface area contributed by atoms with E-state index in [2.05, 4.69) is 5.10 Å². The zero-order valence-electron chi connectivity index (χ0n) is 13.7. The van der Waals surface area contributed by atoms with Crippen molar-refractivity contribution in [3.05, 3.63) is 40.3 Å². The molecule has 2 unspecified atom stereocenters. The van der Waals surface area contributed by atoms with Crippen molar-refractivity contribution in [1.29, 1.82) is 0 Å². The van der Waals surface area contributed by atoms with E-state index in [1.54, 1.807) is 11.0 Å². The monoisotopic (exact) mass is 315 g/mol. The van der Waals surface area contributed by atoms with Gasteiger partial charge in [0.1, 0.15) is 6.54 Å². The normalized spacial score (nSPS) is 21.6. The van der Waals surface area contributed by atoms with Crippen LogP contribution in [0.1, 0.15) is 19.5 Å². The molecule has 1 amide bonds. The highest BCUT2D eigenvalue weighted by atomic mass is 16.5. The van der Waals surface area contributed by atoms with Crippen molar-refractivity contribution in [3.8, 4) is 0 Å². The molecule has 1 aliphatic heterocycles. The molecule has 23 heavy (non-hydrogen) atoms. The van der Waals surface area contributed by atoms with E-state index in [0.717, 1.165) is 11.1 Å². The van der Waals surface area contributed by atoms with Crippen molar-refractivity contribution in [1.82, 2.24) is 14.7 Å². The summed E-state index contributed by atoms with van der Waals surface area (Å²) in [6.45, 7) is 6.79. The maximum Gasteiger partial charge on any atom is 0.275 e. The van der Waals surface area contributed by atoms with Crippen LogP contribution in [-0.4, -0.2) is 45.9 Å². The van der Waals surface area contributed by atoms with Crippen LogP contribution in [0.25, 0.3) is 10.8 Å². The van der Waals surface area contributed by atoms with Gasteiger partial charge in [-0.3, -0.25) is 9.59 Å². The average Bonchev–Trinajstić information content (AvgIpc) is 2.51. The first-order valence-electron chi connectivity index (χ1n) is 7.85. The number of morpholine rings is 1. The first-order chi connectivity index (χ1) is 11.0. The van der Waals surface area contributed by atoms with Crippen LogP contribution in [0.5, 0.6) is 0 Å². The van der Waals surface area contributed by atoms with Crippen molar-refractivity contribution >= 4 is 16.7 Å². The highest BCUT2D eigenvalue weighted by molar-refractivity contribution is 5.83. The van der Waals surface area contributed by atoms with Crippen LogP contribution in [0.2, 0.25) is 0 Å². The van der Waals surface area contributed by atoms with E-state index in [0.29, 0.717) is 18.5 Å². The molecule has 1 aromatic heterocycles. The molecule has 0 radical (unpaired) electrons. The molecule has 3 rings (SSSR count). The minimum Gasteiger partial charge on any atom is -0.372 e. The number of carbonyl (C=O) groups is 1. The fourth-order valence-corrected chi connectivity index (χ4v) is 3.12. The molecule has 2 atom stereocenters. The lowest BCUT2D eigenvalue weighted by Gasteiger charge is -2.35. The van der Waals surface area contributed by atoms with E-state index in [-0.39, 0.29) is 30.2 Å². The SMILES string of the molecule is Cc1nn(CC(=O)N2CC(C)OC(C)C2)c(=O)c2ccccc12. The third-order valence-corrected chi connectivity index (χ3v) is 4.11. The first-order valence-corrected chi connectivity index (χ1v) is 7.85. The molecule has 1 saturated heterocycles. The highest BCUT2D eigenvalue weighted by Crippen LogP contribution is 2.13. The van der Waals surface area contributed by atoms with Crippen LogP contribution in [0.3, 0.4) is 0 Å². The number of hydrogen-bond donors (Lipinski definition) is 0. The number of rotatable bonds is 2.